The van der Waals surface area contributed by atoms with Crippen molar-refractivity contribution in [3.05, 3.63) is 52.8 Å². The summed E-state index contributed by atoms with van der Waals surface area (Å²) >= 11 is 7.03. The molecule has 0 aromatic heterocycles. The first-order valence-electron chi connectivity index (χ1n) is 7.29. The minimum atomic E-state index is -0.470. The van der Waals surface area contributed by atoms with Crippen LogP contribution in [0.25, 0.3) is 0 Å². The number of hydrogen-bond donors (Lipinski definition) is 1. The highest BCUT2D eigenvalue weighted by Crippen LogP contribution is 2.34. The van der Waals surface area contributed by atoms with Crippen LogP contribution in [0, 0.1) is 5.82 Å². The molecule has 1 heterocycles. The van der Waals surface area contributed by atoms with E-state index in [4.69, 9.17) is 21.1 Å². The number of carbonyl (C=O) groups excluding carboxylic acids is 1. The van der Waals surface area contributed by atoms with E-state index in [0.29, 0.717) is 11.5 Å². The predicted octanol–water partition coefficient (Wildman–Crippen LogP) is 4.18. The highest BCUT2D eigenvalue weighted by Gasteiger charge is 2.17. The number of nitrogens with one attached hydrogen (secondary N) is 1. The smallest absolute Gasteiger partial charge is 0.231 e. The van der Waals surface area contributed by atoms with Gasteiger partial charge >= 0.3 is 0 Å². The molecule has 1 atom stereocenters. The Morgan fingerprint density at radius 2 is 2.08 bits per heavy atom. The number of fused-ring (bicyclic) bond motifs is 1. The molecule has 0 aliphatic carbocycles. The molecule has 1 aliphatic heterocycles. The van der Waals surface area contributed by atoms with Gasteiger partial charge in [-0.25, -0.2) is 4.39 Å². The molecular formula is C17H15ClFNO3S. The molecule has 0 fully saturated rings. The Bertz CT molecular complexity index is 771. The van der Waals surface area contributed by atoms with Crippen LogP contribution in [0.5, 0.6) is 11.5 Å². The zero-order chi connectivity index (χ0) is 17.1. The Morgan fingerprint density at radius 1 is 1.29 bits per heavy atom. The van der Waals surface area contributed by atoms with Crippen LogP contribution in [0.2, 0.25) is 5.02 Å². The molecule has 7 heteroatoms. The van der Waals surface area contributed by atoms with Crippen molar-refractivity contribution in [2.45, 2.75) is 17.9 Å². The van der Waals surface area contributed by atoms with Crippen LogP contribution < -0.4 is 14.8 Å². The summed E-state index contributed by atoms with van der Waals surface area (Å²) < 4.78 is 23.7. The first-order valence-corrected chi connectivity index (χ1v) is 8.66. The fourth-order valence-corrected chi connectivity index (χ4v) is 3.26. The van der Waals surface area contributed by atoms with Crippen molar-refractivity contribution in [3.63, 3.8) is 0 Å². The molecule has 0 bridgehead atoms. The second kappa shape index (κ2) is 7.32. The summed E-state index contributed by atoms with van der Waals surface area (Å²) in [6, 6.07) is 9.82. The van der Waals surface area contributed by atoms with Gasteiger partial charge in [0, 0.05) is 4.90 Å². The Balaban J connectivity index is 1.55. The SMILES string of the molecule is CC(NC(=O)CSc1ccc(F)c(Cl)c1)c1ccc2c(c1)OCO2. The van der Waals surface area contributed by atoms with Gasteiger partial charge in [0.25, 0.3) is 0 Å². The number of amides is 1. The van der Waals surface area contributed by atoms with Gasteiger partial charge in [-0.15, -0.1) is 11.8 Å². The van der Waals surface area contributed by atoms with Gasteiger partial charge in [-0.05, 0) is 42.8 Å². The maximum Gasteiger partial charge on any atom is 0.231 e. The second-order valence-electron chi connectivity index (χ2n) is 5.27. The molecular weight excluding hydrogens is 353 g/mol. The van der Waals surface area contributed by atoms with Crippen LogP contribution >= 0.6 is 23.4 Å². The van der Waals surface area contributed by atoms with Gasteiger partial charge in [-0.2, -0.15) is 0 Å². The number of halogens is 2. The van der Waals surface area contributed by atoms with Gasteiger partial charge in [0.15, 0.2) is 11.5 Å². The number of rotatable bonds is 5. The van der Waals surface area contributed by atoms with E-state index in [1.807, 2.05) is 25.1 Å². The van der Waals surface area contributed by atoms with Crippen molar-refractivity contribution in [1.82, 2.24) is 5.32 Å². The molecule has 4 nitrogen and oxygen atoms in total. The Kier molecular flexibility index (Phi) is 5.16. The minimum absolute atomic E-state index is 0.0501. The molecule has 0 saturated carbocycles. The molecule has 0 radical (unpaired) electrons. The van der Waals surface area contributed by atoms with Crippen molar-refractivity contribution < 1.29 is 18.7 Å². The van der Waals surface area contributed by atoms with Crippen molar-refractivity contribution in [2.24, 2.45) is 0 Å². The summed E-state index contributed by atoms with van der Waals surface area (Å²) in [4.78, 5) is 12.8. The van der Waals surface area contributed by atoms with E-state index < -0.39 is 5.82 Å². The summed E-state index contributed by atoms with van der Waals surface area (Å²) in [5, 5.41) is 2.97. The zero-order valence-electron chi connectivity index (χ0n) is 12.8. The average molecular weight is 368 g/mol. The van der Waals surface area contributed by atoms with E-state index in [9.17, 15) is 9.18 Å². The summed E-state index contributed by atoms with van der Waals surface area (Å²) in [7, 11) is 0. The number of ether oxygens (including phenoxy) is 2. The van der Waals surface area contributed by atoms with Crippen LogP contribution in [0.4, 0.5) is 4.39 Å². The van der Waals surface area contributed by atoms with Gasteiger partial charge in [-0.1, -0.05) is 17.7 Å². The lowest BCUT2D eigenvalue weighted by Gasteiger charge is -2.14. The van der Waals surface area contributed by atoms with Crippen molar-refractivity contribution >= 4 is 29.3 Å². The molecule has 2 aromatic rings. The first-order chi connectivity index (χ1) is 11.5. The van der Waals surface area contributed by atoms with E-state index in [-0.39, 0.29) is 29.5 Å². The predicted molar refractivity (Wildman–Crippen MR) is 91.3 cm³/mol. The number of benzene rings is 2. The van der Waals surface area contributed by atoms with Crippen LogP contribution in [-0.4, -0.2) is 18.5 Å². The number of carbonyl (C=O) groups is 1. The molecule has 1 aliphatic rings. The minimum Gasteiger partial charge on any atom is -0.454 e. The van der Waals surface area contributed by atoms with E-state index in [1.165, 1.54) is 23.9 Å². The molecule has 3 rings (SSSR count). The molecule has 0 spiro atoms. The first kappa shape index (κ1) is 16.9. The Hall–Kier alpha value is -1.92. The quantitative estimate of drug-likeness (QED) is 0.805. The summed E-state index contributed by atoms with van der Waals surface area (Å²) in [6.45, 7) is 2.12. The maximum absolute atomic E-state index is 13.1. The van der Waals surface area contributed by atoms with Gasteiger partial charge in [0.2, 0.25) is 12.7 Å². The summed E-state index contributed by atoms with van der Waals surface area (Å²) in [6.07, 6.45) is 0. The van der Waals surface area contributed by atoms with Crippen molar-refractivity contribution in [3.8, 4) is 11.5 Å². The van der Waals surface area contributed by atoms with Crippen LogP contribution in [0.1, 0.15) is 18.5 Å². The summed E-state index contributed by atoms with van der Waals surface area (Å²) in [5.74, 6) is 1.02. The average Bonchev–Trinajstić information content (AvgIpc) is 3.03. The summed E-state index contributed by atoms with van der Waals surface area (Å²) in [5.41, 5.74) is 0.933. The maximum atomic E-state index is 13.1. The highest BCUT2D eigenvalue weighted by atomic mass is 35.5. The fraction of sp³-hybridized carbons (Fsp3) is 0.235. The third-order valence-electron chi connectivity index (χ3n) is 3.54. The Labute approximate surface area is 148 Å². The largest absolute Gasteiger partial charge is 0.454 e. The van der Waals surface area contributed by atoms with Gasteiger partial charge in [-0.3, -0.25) is 4.79 Å². The lowest BCUT2D eigenvalue weighted by atomic mass is 10.1. The third-order valence-corrected chi connectivity index (χ3v) is 4.82. The zero-order valence-corrected chi connectivity index (χ0v) is 14.4. The lowest BCUT2D eigenvalue weighted by molar-refractivity contribution is -0.119. The number of thioether (sulfide) groups is 1. The number of hydrogen-bond acceptors (Lipinski definition) is 4. The van der Waals surface area contributed by atoms with Crippen LogP contribution in [-0.2, 0) is 4.79 Å². The van der Waals surface area contributed by atoms with E-state index in [1.54, 1.807) is 6.07 Å². The third kappa shape index (κ3) is 3.94. The van der Waals surface area contributed by atoms with Gasteiger partial charge < -0.3 is 14.8 Å². The molecule has 1 amide bonds. The molecule has 126 valence electrons. The van der Waals surface area contributed by atoms with Gasteiger partial charge in [0.05, 0.1) is 16.8 Å². The fourth-order valence-electron chi connectivity index (χ4n) is 2.26. The monoisotopic (exact) mass is 367 g/mol. The van der Waals surface area contributed by atoms with Crippen molar-refractivity contribution in [1.29, 1.82) is 0 Å². The van der Waals surface area contributed by atoms with E-state index >= 15 is 0 Å². The molecule has 1 unspecified atom stereocenters. The molecule has 0 saturated heterocycles. The van der Waals surface area contributed by atoms with Crippen LogP contribution in [0.3, 0.4) is 0 Å². The van der Waals surface area contributed by atoms with Crippen molar-refractivity contribution in [2.75, 3.05) is 12.5 Å². The van der Waals surface area contributed by atoms with Crippen LogP contribution in [0.15, 0.2) is 41.3 Å². The van der Waals surface area contributed by atoms with E-state index in [0.717, 1.165) is 10.5 Å². The molecule has 1 N–H and O–H groups in total. The lowest BCUT2D eigenvalue weighted by Crippen LogP contribution is -2.28. The second-order valence-corrected chi connectivity index (χ2v) is 6.72. The van der Waals surface area contributed by atoms with E-state index in [2.05, 4.69) is 5.32 Å². The topological polar surface area (TPSA) is 47.6 Å². The highest BCUT2D eigenvalue weighted by molar-refractivity contribution is 8.00. The Morgan fingerprint density at radius 3 is 2.88 bits per heavy atom. The normalized spacial score (nSPS) is 13.6. The molecule has 24 heavy (non-hydrogen) atoms. The standard InChI is InChI=1S/C17H15ClFNO3S/c1-10(11-2-5-15-16(6-11)23-9-22-15)20-17(21)8-24-12-3-4-14(19)13(18)7-12/h2-7,10H,8-9H2,1H3,(H,20,21). The molecule has 2 aromatic carbocycles. The van der Waals surface area contributed by atoms with Gasteiger partial charge in [0.1, 0.15) is 5.82 Å².